The van der Waals surface area contributed by atoms with Crippen LogP contribution >= 0.6 is 11.3 Å². The molecule has 1 rings (SSSR count). The van der Waals surface area contributed by atoms with E-state index < -0.39 is 0 Å². The van der Waals surface area contributed by atoms with Crippen LogP contribution in [-0.2, 0) is 6.42 Å². The molecule has 0 aromatic carbocycles. The van der Waals surface area contributed by atoms with E-state index in [4.69, 9.17) is 5.11 Å². The molecule has 0 saturated carbocycles. The Morgan fingerprint density at radius 3 is 2.79 bits per heavy atom. The fourth-order valence-corrected chi connectivity index (χ4v) is 2.42. The summed E-state index contributed by atoms with van der Waals surface area (Å²) in [5.41, 5.74) is 1.03. The van der Waals surface area contributed by atoms with Crippen molar-refractivity contribution in [2.45, 2.75) is 45.6 Å². The van der Waals surface area contributed by atoms with Crippen LogP contribution in [0.25, 0.3) is 0 Å². The molecule has 0 unspecified atom stereocenters. The smallest absolute Gasteiger partial charge is 0.315 e. The van der Waals surface area contributed by atoms with Gasteiger partial charge in [0.25, 0.3) is 0 Å². The second-order valence-corrected chi connectivity index (χ2v) is 5.79. The Balaban J connectivity index is 2.24. The lowest BCUT2D eigenvalue weighted by atomic mass is 10.2. The molecule has 0 aliphatic heterocycles. The first-order valence-electron chi connectivity index (χ1n) is 6.62. The van der Waals surface area contributed by atoms with Gasteiger partial charge in [-0.1, -0.05) is 13.8 Å². The molecule has 1 aromatic rings. The minimum atomic E-state index is -0.194. The number of aliphatic hydroxyl groups is 1. The van der Waals surface area contributed by atoms with Crippen molar-refractivity contribution in [1.82, 2.24) is 15.6 Å². The summed E-state index contributed by atoms with van der Waals surface area (Å²) in [6, 6.07) is -0.211. The Morgan fingerprint density at radius 2 is 2.21 bits per heavy atom. The maximum absolute atomic E-state index is 11.5. The molecule has 2 amide bonds. The molecule has 0 radical (unpaired) electrons. The van der Waals surface area contributed by atoms with Crippen molar-refractivity contribution >= 4 is 17.4 Å². The van der Waals surface area contributed by atoms with Crippen LogP contribution in [0.4, 0.5) is 4.79 Å². The zero-order chi connectivity index (χ0) is 14.3. The van der Waals surface area contributed by atoms with Crippen LogP contribution in [0.5, 0.6) is 0 Å². The number of carbonyl (C=O) groups is 1. The number of nitrogens with one attached hydrogen (secondary N) is 2. The minimum absolute atomic E-state index is 0.0168. The molecule has 1 heterocycles. The van der Waals surface area contributed by atoms with Gasteiger partial charge in [0, 0.05) is 36.9 Å². The number of hydrogen-bond donors (Lipinski definition) is 3. The van der Waals surface area contributed by atoms with Gasteiger partial charge in [-0.2, -0.15) is 0 Å². The number of thiazole rings is 1. The van der Waals surface area contributed by atoms with Gasteiger partial charge < -0.3 is 15.7 Å². The van der Waals surface area contributed by atoms with Crippen LogP contribution in [0.3, 0.4) is 0 Å². The summed E-state index contributed by atoms with van der Waals surface area (Å²) >= 11 is 1.67. The van der Waals surface area contributed by atoms with E-state index >= 15 is 0 Å². The molecule has 108 valence electrons. The van der Waals surface area contributed by atoms with Gasteiger partial charge in [-0.25, -0.2) is 9.78 Å². The second kappa shape index (κ2) is 8.12. The molecule has 0 aliphatic rings. The van der Waals surface area contributed by atoms with Crippen molar-refractivity contribution in [3.8, 4) is 0 Å². The van der Waals surface area contributed by atoms with Crippen molar-refractivity contribution in [2.75, 3.05) is 13.2 Å². The molecule has 0 spiro atoms. The van der Waals surface area contributed by atoms with E-state index in [-0.39, 0.29) is 18.7 Å². The van der Waals surface area contributed by atoms with Gasteiger partial charge in [-0.15, -0.1) is 11.3 Å². The van der Waals surface area contributed by atoms with Crippen LogP contribution in [0.15, 0.2) is 5.38 Å². The topological polar surface area (TPSA) is 74.2 Å². The van der Waals surface area contributed by atoms with Crippen LogP contribution in [0.2, 0.25) is 0 Å². The van der Waals surface area contributed by atoms with E-state index in [9.17, 15) is 4.79 Å². The van der Waals surface area contributed by atoms with E-state index in [2.05, 4.69) is 29.5 Å². The summed E-state index contributed by atoms with van der Waals surface area (Å²) < 4.78 is 0. The fraction of sp³-hybridized carbons (Fsp3) is 0.692. The highest BCUT2D eigenvalue weighted by molar-refractivity contribution is 7.09. The standard InChI is InChI=1S/C13H23N3O2S/c1-9(2)12-16-11(8-19-12)4-6-14-13(18)15-10(3)5-7-17/h8-10,17H,4-7H2,1-3H3,(H2,14,15,18)/t10-/m1/s1. The Hall–Kier alpha value is -1.14. The predicted molar refractivity (Wildman–Crippen MR) is 77.6 cm³/mol. The number of amides is 2. The average Bonchev–Trinajstić information content (AvgIpc) is 2.78. The van der Waals surface area contributed by atoms with E-state index in [0.717, 1.165) is 17.1 Å². The highest BCUT2D eigenvalue weighted by atomic mass is 32.1. The van der Waals surface area contributed by atoms with E-state index in [1.807, 2.05) is 12.3 Å². The summed E-state index contributed by atoms with van der Waals surface area (Å²) in [6.45, 7) is 6.76. The Kier molecular flexibility index (Phi) is 6.80. The van der Waals surface area contributed by atoms with Crippen molar-refractivity contribution in [1.29, 1.82) is 0 Å². The number of hydrogen-bond acceptors (Lipinski definition) is 4. The molecular weight excluding hydrogens is 262 g/mol. The van der Waals surface area contributed by atoms with E-state index in [1.54, 1.807) is 11.3 Å². The van der Waals surface area contributed by atoms with Gasteiger partial charge in [0.05, 0.1) is 10.7 Å². The summed E-state index contributed by atoms with van der Waals surface area (Å²) in [5, 5.41) is 17.5. The number of aromatic nitrogens is 1. The third-order valence-corrected chi connectivity index (χ3v) is 3.86. The first-order chi connectivity index (χ1) is 9.02. The Morgan fingerprint density at radius 1 is 1.47 bits per heavy atom. The van der Waals surface area contributed by atoms with Crippen molar-refractivity contribution in [2.24, 2.45) is 0 Å². The number of carbonyl (C=O) groups excluding carboxylic acids is 1. The molecule has 6 heteroatoms. The summed E-state index contributed by atoms with van der Waals surface area (Å²) in [5.74, 6) is 0.453. The molecule has 0 aliphatic carbocycles. The highest BCUT2D eigenvalue weighted by Crippen LogP contribution is 2.19. The van der Waals surface area contributed by atoms with Crippen LogP contribution in [0.1, 0.15) is 43.8 Å². The fourth-order valence-electron chi connectivity index (χ4n) is 1.55. The zero-order valence-corrected chi connectivity index (χ0v) is 12.6. The van der Waals surface area contributed by atoms with E-state index in [1.165, 1.54) is 0 Å². The number of urea groups is 1. The van der Waals surface area contributed by atoms with Gasteiger partial charge in [0.1, 0.15) is 0 Å². The zero-order valence-electron chi connectivity index (χ0n) is 11.8. The molecule has 1 atom stereocenters. The number of rotatable bonds is 7. The lowest BCUT2D eigenvalue weighted by Gasteiger charge is -2.12. The summed E-state index contributed by atoms with van der Waals surface area (Å²) in [7, 11) is 0. The van der Waals surface area contributed by atoms with Crippen molar-refractivity contribution in [3.05, 3.63) is 16.1 Å². The van der Waals surface area contributed by atoms with Gasteiger partial charge in [0.2, 0.25) is 0 Å². The van der Waals surface area contributed by atoms with Gasteiger partial charge >= 0.3 is 6.03 Å². The van der Waals surface area contributed by atoms with Gasteiger partial charge in [0.15, 0.2) is 0 Å². The molecule has 5 nitrogen and oxygen atoms in total. The number of aliphatic hydroxyl groups excluding tert-OH is 1. The summed E-state index contributed by atoms with van der Waals surface area (Å²) in [6.07, 6.45) is 1.31. The SMILES string of the molecule is CC(C)c1nc(CCNC(=O)N[C@H](C)CCO)cs1. The highest BCUT2D eigenvalue weighted by Gasteiger charge is 2.08. The monoisotopic (exact) mass is 285 g/mol. The van der Waals surface area contributed by atoms with Gasteiger partial charge in [-0.3, -0.25) is 0 Å². The Labute approximate surface area is 118 Å². The molecule has 0 saturated heterocycles. The molecule has 19 heavy (non-hydrogen) atoms. The first kappa shape index (κ1) is 15.9. The molecule has 1 aromatic heterocycles. The lowest BCUT2D eigenvalue weighted by molar-refractivity contribution is 0.231. The Bertz CT molecular complexity index is 393. The summed E-state index contributed by atoms with van der Waals surface area (Å²) in [4.78, 5) is 16.0. The molecule has 0 fully saturated rings. The minimum Gasteiger partial charge on any atom is -0.396 e. The maximum atomic E-state index is 11.5. The predicted octanol–water partition coefficient (Wildman–Crippen LogP) is 1.88. The van der Waals surface area contributed by atoms with Crippen LogP contribution in [-0.4, -0.2) is 35.3 Å². The molecule has 3 N–H and O–H groups in total. The third kappa shape index (κ3) is 6.02. The molecule has 0 bridgehead atoms. The number of nitrogens with zero attached hydrogens (tertiary/aromatic N) is 1. The van der Waals surface area contributed by atoms with E-state index in [0.29, 0.717) is 18.9 Å². The first-order valence-corrected chi connectivity index (χ1v) is 7.50. The van der Waals surface area contributed by atoms with Crippen molar-refractivity contribution < 1.29 is 9.90 Å². The molecular formula is C13H23N3O2S. The normalized spacial score (nSPS) is 12.5. The van der Waals surface area contributed by atoms with Crippen LogP contribution < -0.4 is 10.6 Å². The lowest BCUT2D eigenvalue weighted by Crippen LogP contribution is -2.41. The maximum Gasteiger partial charge on any atom is 0.315 e. The average molecular weight is 285 g/mol. The van der Waals surface area contributed by atoms with Crippen molar-refractivity contribution in [3.63, 3.8) is 0 Å². The third-order valence-electron chi connectivity index (χ3n) is 2.67. The largest absolute Gasteiger partial charge is 0.396 e. The van der Waals surface area contributed by atoms with Crippen LogP contribution in [0, 0.1) is 0 Å². The van der Waals surface area contributed by atoms with Gasteiger partial charge in [-0.05, 0) is 13.3 Å². The quantitative estimate of drug-likeness (QED) is 0.716. The second-order valence-electron chi connectivity index (χ2n) is 4.90.